The highest BCUT2D eigenvalue weighted by Crippen LogP contribution is 2.31. The van der Waals surface area contributed by atoms with Crippen molar-refractivity contribution in [1.29, 1.82) is 0 Å². The Hall–Kier alpha value is -0.770. The molecule has 1 aliphatic heterocycles. The number of anilines is 1. The highest BCUT2D eigenvalue weighted by molar-refractivity contribution is 6.31. The van der Waals surface area contributed by atoms with Gasteiger partial charge in [0.25, 0.3) is 0 Å². The van der Waals surface area contributed by atoms with Crippen molar-refractivity contribution >= 4 is 17.3 Å². The Kier molecular flexibility index (Phi) is 5.53. The molecule has 1 saturated heterocycles. The fraction of sp³-hybridized carbons (Fsp3) is 0.647. The predicted molar refractivity (Wildman–Crippen MR) is 90.1 cm³/mol. The smallest absolute Gasteiger partial charge is 0.0476 e. The SMILES string of the molecule is CC(C)(C)NCc1c(Cl)cccc1N1CCCC(CO)C1. The fourth-order valence-electron chi connectivity index (χ4n) is 2.80. The number of nitrogens with zero attached hydrogens (tertiary/aromatic N) is 1. The summed E-state index contributed by atoms with van der Waals surface area (Å²) in [6.45, 7) is 9.47. The summed E-state index contributed by atoms with van der Waals surface area (Å²) in [5.41, 5.74) is 2.43. The molecule has 1 aromatic carbocycles. The lowest BCUT2D eigenvalue weighted by Crippen LogP contribution is -2.39. The maximum atomic E-state index is 9.42. The molecular formula is C17H27ClN2O. The third-order valence-corrected chi connectivity index (χ3v) is 4.36. The molecule has 0 amide bonds. The molecule has 0 radical (unpaired) electrons. The third kappa shape index (κ3) is 4.60. The molecule has 0 spiro atoms. The standard InChI is InChI=1S/C17H27ClN2O/c1-17(2,3)19-10-14-15(18)7-4-8-16(14)20-9-5-6-13(11-20)12-21/h4,7-8,13,19,21H,5-6,9-12H2,1-3H3. The number of hydrogen-bond donors (Lipinski definition) is 2. The van der Waals surface area contributed by atoms with Crippen molar-refractivity contribution in [2.75, 3.05) is 24.6 Å². The van der Waals surface area contributed by atoms with E-state index in [9.17, 15) is 5.11 Å². The van der Waals surface area contributed by atoms with Crippen LogP contribution < -0.4 is 10.2 Å². The van der Waals surface area contributed by atoms with E-state index in [0.717, 1.165) is 43.1 Å². The maximum Gasteiger partial charge on any atom is 0.0476 e. The molecule has 4 heteroatoms. The quantitative estimate of drug-likeness (QED) is 0.894. The molecule has 3 nitrogen and oxygen atoms in total. The number of nitrogens with one attached hydrogen (secondary N) is 1. The molecule has 1 aromatic rings. The van der Waals surface area contributed by atoms with E-state index >= 15 is 0 Å². The van der Waals surface area contributed by atoms with Crippen molar-refractivity contribution in [3.8, 4) is 0 Å². The van der Waals surface area contributed by atoms with E-state index in [2.05, 4.69) is 37.1 Å². The molecule has 2 rings (SSSR count). The molecule has 0 bridgehead atoms. The van der Waals surface area contributed by atoms with Crippen molar-refractivity contribution in [2.24, 2.45) is 5.92 Å². The first kappa shape index (κ1) is 16.6. The summed E-state index contributed by atoms with van der Waals surface area (Å²) in [5.74, 6) is 0.376. The van der Waals surface area contributed by atoms with Crippen LogP contribution in [-0.4, -0.2) is 30.3 Å². The summed E-state index contributed by atoms with van der Waals surface area (Å²) in [6, 6.07) is 6.12. The first-order valence-corrected chi connectivity index (χ1v) is 8.17. The van der Waals surface area contributed by atoms with E-state index in [1.165, 1.54) is 5.69 Å². The third-order valence-electron chi connectivity index (χ3n) is 4.01. The first-order chi connectivity index (χ1) is 9.90. The van der Waals surface area contributed by atoms with Crippen molar-refractivity contribution in [1.82, 2.24) is 5.32 Å². The van der Waals surface area contributed by atoms with Gasteiger partial charge in [-0.25, -0.2) is 0 Å². The minimum Gasteiger partial charge on any atom is -0.396 e. The van der Waals surface area contributed by atoms with Gasteiger partial charge >= 0.3 is 0 Å². The molecule has 1 aliphatic rings. The van der Waals surface area contributed by atoms with E-state index in [1.807, 2.05) is 12.1 Å². The van der Waals surface area contributed by atoms with Crippen LogP contribution in [-0.2, 0) is 6.54 Å². The Labute approximate surface area is 133 Å². The lowest BCUT2D eigenvalue weighted by Gasteiger charge is -2.35. The second-order valence-electron chi connectivity index (χ2n) is 6.98. The van der Waals surface area contributed by atoms with Crippen molar-refractivity contribution in [2.45, 2.75) is 45.7 Å². The van der Waals surface area contributed by atoms with E-state index in [0.29, 0.717) is 5.92 Å². The van der Waals surface area contributed by atoms with E-state index in [4.69, 9.17) is 11.6 Å². The molecule has 0 saturated carbocycles. The average Bonchev–Trinajstić information content (AvgIpc) is 2.45. The van der Waals surface area contributed by atoms with Crippen LogP contribution in [0.3, 0.4) is 0 Å². The molecule has 1 unspecified atom stereocenters. The van der Waals surface area contributed by atoms with Crippen LogP contribution in [0.5, 0.6) is 0 Å². The van der Waals surface area contributed by atoms with E-state index in [1.54, 1.807) is 0 Å². The monoisotopic (exact) mass is 310 g/mol. The first-order valence-electron chi connectivity index (χ1n) is 7.79. The predicted octanol–water partition coefficient (Wildman–Crippen LogP) is 3.44. The van der Waals surface area contributed by atoms with Gasteiger partial charge in [-0.05, 0) is 51.7 Å². The fourth-order valence-corrected chi connectivity index (χ4v) is 3.04. The normalized spacial score (nSPS) is 19.9. The van der Waals surface area contributed by atoms with Crippen molar-refractivity contribution in [3.05, 3.63) is 28.8 Å². The highest BCUT2D eigenvalue weighted by atomic mass is 35.5. The zero-order valence-electron chi connectivity index (χ0n) is 13.3. The van der Waals surface area contributed by atoms with Gasteiger partial charge in [-0.15, -0.1) is 0 Å². The average molecular weight is 311 g/mol. The molecule has 0 aromatic heterocycles. The van der Waals surface area contributed by atoms with Gasteiger partial charge in [0.15, 0.2) is 0 Å². The van der Waals surface area contributed by atoms with Gasteiger partial charge in [-0.3, -0.25) is 0 Å². The lowest BCUT2D eigenvalue weighted by atomic mass is 9.97. The second kappa shape index (κ2) is 6.99. The maximum absolute atomic E-state index is 9.42. The molecule has 0 aliphatic carbocycles. The van der Waals surface area contributed by atoms with E-state index < -0.39 is 0 Å². The van der Waals surface area contributed by atoms with Crippen LogP contribution in [0.1, 0.15) is 39.2 Å². The Morgan fingerprint density at radius 2 is 2.14 bits per heavy atom. The number of piperidine rings is 1. The number of halogens is 1. The summed E-state index contributed by atoms with van der Waals surface area (Å²) in [4.78, 5) is 2.37. The van der Waals surface area contributed by atoms with Crippen LogP contribution in [0.4, 0.5) is 5.69 Å². The second-order valence-corrected chi connectivity index (χ2v) is 7.39. The zero-order chi connectivity index (χ0) is 15.5. The number of aliphatic hydroxyl groups excluding tert-OH is 1. The van der Waals surface area contributed by atoms with Gasteiger partial charge in [0, 0.05) is 48.1 Å². The van der Waals surface area contributed by atoms with Gasteiger partial charge in [0.05, 0.1) is 0 Å². The van der Waals surface area contributed by atoms with Crippen molar-refractivity contribution in [3.63, 3.8) is 0 Å². The Bertz CT molecular complexity index is 470. The minimum absolute atomic E-state index is 0.0615. The molecule has 21 heavy (non-hydrogen) atoms. The Balaban J connectivity index is 2.20. The van der Waals surface area contributed by atoms with Gasteiger partial charge in [0.2, 0.25) is 0 Å². The van der Waals surface area contributed by atoms with Crippen LogP contribution in [0.2, 0.25) is 5.02 Å². The minimum atomic E-state index is 0.0615. The number of aliphatic hydroxyl groups is 1. The van der Waals surface area contributed by atoms with Crippen LogP contribution in [0.25, 0.3) is 0 Å². The molecule has 1 atom stereocenters. The topological polar surface area (TPSA) is 35.5 Å². The summed E-state index contributed by atoms with van der Waals surface area (Å²) >= 11 is 6.43. The summed E-state index contributed by atoms with van der Waals surface area (Å²) < 4.78 is 0. The Morgan fingerprint density at radius 3 is 2.81 bits per heavy atom. The molecule has 1 fully saturated rings. The zero-order valence-corrected chi connectivity index (χ0v) is 14.1. The van der Waals surface area contributed by atoms with Crippen molar-refractivity contribution < 1.29 is 5.11 Å². The van der Waals surface area contributed by atoms with Crippen LogP contribution in [0.15, 0.2) is 18.2 Å². The van der Waals surface area contributed by atoms with Gasteiger partial charge in [-0.1, -0.05) is 17.7 Å². The number of benzene rings is 1. The van der Waals surface area contributed by atoms with Gasteiger partial charge in [-0.2, -0.15) is 0 Å². The molecular weight excluding hydrogens is 284 g/mol. The summed E-state index contributed by atoms with van der Waals surface area (Å²) in [5, 5.41) is 13.8. The lowest BCUT2D eigenvalue weighted by molar-refractivity contribution is 0.208. The van der Waals surface area contributed by atoms with Gasteiger partial charge in [0.1, 0.15) is 0 Å². The van der Waals surface area contributed by atoms with Crippen LogP contribution >= 0.6 is 11.6 Å². The highest BCUT2D eigenvalue weighted by Gasteiger charge is 2.22. The molecule has 2 N–H and O–H groups in total. The largest absolute Gasteiger partial charge is 0.396 e. The number of rotatable bonds is 4. The summed E-state index contributed by atoms with van der Waals surface area (Å²) in [6.07, 6.45) is 2.24. The molecule has 1 heterocycles. The molecule has 118 valence electrons. The van der Waals surface area contributed by atoms with Gasteiger partial charge < -0.3 is 15.3 Å². The Morgan fingerprint density at radius 1 is 1.38 bits per heavy atom. The van der Waals surface area contributed by atoms with E-state index in [-0.39, 0.29) is 12.1 Å². The van der Waals surface area contributed by atoms with Crippen LogP contribution in [0, 0.1) is 5.92 Å². The summed E-state index contributed by atoms with van der Waals surface area (Å²) in [7, 11) is 0. The number of hydrogen-bond acceptors (Lipinski definition) is 3.